The van der Waals surface area contributed by atoms with Crippen molar-refractivity contribution in [1.82, 2.24) is 9.62 Å². The van der Waals surface area contributed by atoms with E-state index < -0.39 is 10.0 Å². The fourth-order valence-electron chi connectivity index (χ4n) is 4.02. The molecule has 1 aliphatic heterocycles. The molecule has 1 amide bonds. The van der Waals surface area contributed by atoms with E-state index >= 15 is 0 Å². The van der Waals surface area contributed by atoms with E-state index in [-0.39, 0.29) is 30.6 Å². The quantitative estimate of drug-likeness (QED) is 0.669. The lowest BCUT2D eigenvalue weighted by Crippen LogP contribution is -2.47. The largest absolute Gasteiger partial charge is 0.487 e. The van der Waals surface area contributed by atoms with Gasteiger partial charge in [-0.15, -0.1) is 0 Å². The zero-order valence-electron chi connectivity index (χ0n) is 18.7. The minimum absolute atomic E-state index is 0.157. The highest BCUT2D eigenvalue weighted by molar-refractivity contribution is 7.88. The number of hydrogen-bond acceptors (Lipinski definition) is 4. The van der Waals surface area contributed by atoms with E-state index in [1.165, 1.54) is 4.31 Å². The Morgan fingerprint density at radius 1 is 1.13 bits per heavy atom. The number of sulfonamides is 1. The summed E-state index contributed by atoms with van der Waals surface area (Å²) in [6.45, 7) is 6.08. The number of carbonyl (C=O) groups excluding carboxylic acids is 1. The normalized spacial score (nSPS) is 17.6. The molecule has 0 unspecified atom stereocenters. The van der Waals surface area contributed by atoms with Gasteiger partial charge in [0.1, 0.15) is 11.4 Å². The fraction of sp³-hybridized carbons (Fsp3) is 0.458. The van der Waals surface area contributed by atoms with Crippen LogP contribution in [-0.2, 0) is 21.4 Å². The van der Waals surface area contributed by atoms with Gasteiger partial charge in [-0.05, 0) is 31.4 Å². The van der Waals surface area contributed by atoms with Gasteiger partial charge in [-0.25, -0.2) is 8.42 Å². The van der Waals surface area contributed by atoms with Crippen molar-refractivity contribution in [2.75, 3.05) is 12.8 Å². The van der Waals surface area contributed by atoms with E-state index in [2.05, 4.69) is 19.2 Å². The Bertz CT molecular complexity index is 1010. The first-order valence-electron chi connectivity index (χ1n) is 10.7. The standard InChI is InChI=1S/C24H32N2O4S/c1-5-24(6-2)15-21(20-9-7-8-10-22(20)30-24)25-23(27)17-26(31(4,28)29)16-19-13-11-18(3)12-14-19/h7-14,21H,5-6,15-17H2,1-4H3,(H,25,27)/t21-/m1/s1. The first kappa shape index (κ1) is 23.3. The SMILES string of the molecule is CCC1(CC)C[C@@H](NC(=O)CN(Cc2ccc(C)cc2)S(C)(=O)=O)c2ccccc2O1. The molecule has 31 heavy (non-hydrogen) atoms. The minimum Gasteiger partial charge on any atom is -0.487 e. The van der Waals surface area contributed by atoms with Crippen molar-refractivity contribution in [2.45, 2.75) is 58.2 Å². The van der Waals surface area contributed by atoms with Gasteiger partial charge in [0, 0.05) is 18.5 Å². The molecule has 6 nitrogen and oxygen atoms in total. The predicted molar refractivity (Wildman–Crippen MR) is 122 cm³/mol. The van der Waals surface area contributed by atoms with Crippen molar-refractivity contribution >= 4 is 15.9 Å². The van der Waals surface area contributed by atoms with Crippen LogP contribution in [0.25, 0.3) is 0 Å². The van der Waals surface area contributed by atoms with Crippen LogP contribution in [-0.4, -0.2) is 37.0 Å². The van der Waals surface area contributed by atoms with Gasteiger partial charge in [0.2, 0.25) is 15.9 Å². The number of ether oxygens (including phenoxy) is 1. The van der Waals surface area contributed by atoms with Gasteiger partial charge in [-0.3, -0.25) is 4.79 Å². The van der Waals surface area contributed by atoms with Gasteiger partial charge < -0.3 is 10.1 Å². The smallest absolute Gasteiger partial charge is 0.235 e. The highest BCUT2D eigenvalue weighted by atomic mass is 32.2. The molecule has 0 saturated carbocycles. The summed E-state index contributed by atoms with van der Waals surface area (Å²) in [5, 5.41) is 3.07. The number of rotatable bonds is 8. The van der Waals surface area contributed by atoms with E-state index in [1.807, 2.05) is 55.5 Å². The third-order valence-corrected chi connectivity index (χ3v) is 7.29. The second kappa shape index (κ2) is 9.40. The molecule has 168 valence electrons. The predicted octanol–water partition coefficient (Wildman–Crippen LogP) is 3.96. The van der Waals surface area contributed by atoms with Gasteiger partial charge in [0.05, 0.1) is 18.8 Å². The monoisotopic (exact) mass is 444 g/mol. The summed E-state index contributed by atoms with van der Waals surface area (Å²) < 4.78 is 32.2. The van der Waals surface area contributed by atoms with Gasteiger partial charge in [-0.2, -0.15) is 4.31 Å². The van der Waals surface area contributed by atoms with Crippen molar-refractivity contribution < 1.29 is 17.9 Å². The van der Waals surface area contributed by atoms with Gasteiger partial charge in [0.15, 0.2) is 0 Å². The summed E-state index contributed by atoms with van der Waals surface area (Å²) in [7, 11) is -3.55. The van der Waals surface area contributed by atoms with E-state index in [1.54, 1.807) is 0 Å². The minimum atomic E-state index is -3.55. The summed E-state index contributed by atoms with van der Waals surface area (Å²) in [4.78, 5) is 13.0. The van der Waals surface area contributed by atoms with Gasteiger partial charge in [0.25, 0.3) is 0 Å². The van der Waals surface area contributed by atoms with E-state index in [0.717, 1.165) is 41.5 Å². The molecule has 0 spiro atoms. The number of nitrogens with one attached hydrogen (secondary N) is 1. The van der Waals surface area contributed by atoms with Crippen LogP contribution in [0.1, 0.15) is 55.8 Å². The topological polar surface area (TPSA) is 75.7 Å². The molecule has 0 bridgehead atoms. The second-order valence-corrected chi connectivity index (χ2v) is 10.4. The summed E-state index contributed by atoms with van der Waals surface area (Å²) in [6, 6.07) is 15.1. The number of hydrogen-bond donors (Lipinski definition) is 1. The summed E-state index contributed by atoms with van der Waals surface area (Å²) in [5.41, 5.74) is 2.53. The number of para-hydroxylation sites is 1. The molecule has 7 heteroatoms. The third-order valence-electron chi connectivity index (χ3n) is 6.09. The Hall–Kier alpha value is -2.38. The molecule has 0 saturated heterocycles. The Labute approximate surface area is 185 Å². The van der Waals surface area contributed by atoms with Crippen LogP contribution < -0.4 is 10.1 Å². The van der Waals surface area contributed by atoms with Crippen molar-refractivity contribution in [1.29, 1.82) is 0 Å². The Morgan fingerprint density at radius 2 is 1.77 bits per heavy atom. The lowest BCUT2D eigenvalue weighted by Gasteiger charge is -2.41. The molecule has 0 radical (unpaired) electrons. The van der Waals surface area contributed by atoms with E-state index in [0.29, 0.717) is 6.42 Å². The summed E-state index contributed by atoms with van der Waals surface area (Å²) in [6.07, 6.45) is 3.44. The molecular formula is C24H32N2O4S. The molecule has 1 aliphatic rings. The maximum atomic E-state index is 13.0. The molecule has 0 aliphatic carbocycles. The highest BCUT2D eigenvalue weighted by Crippen LogP contribution is 2.42. The van der Waals surface area contributed by atoms with Crippen molar-refractivity contribution in [3.63, 3.8) is 0 Å². The molecule has 1 atom stereocenters. The molecule has 2 aromatic carbocycles. The first-order valence-corrected chi connectivity index (χ1v) is 12.6. The Kier molecular flexibility index (Phi) is 7.06. The van der Waals surface area contributed by atoms with Crippen molar-refractivity contribution in [3.8, 4) is 5.75 Å². The van der Waals surface area contributed by atoms with Gasteiger partial charge in [-0.1, -0.05) is 61.9 Å². The van der Waals surface area contributed by atoms with Crippen LogP contribution in [0.2, 0.25) is 0 Å². The van der Waals surface area contributed by atoms with Crippen LogP contribution in [0.3, 0.4) is 0 Å². The van der Waals surface area contributed by atoms with Crippen LogP contribution in [0.5, 0.6) is 5.75 Å². The maximum Gasteiger partial charge on any atom is 0.235 e. The number of aryl methyl sites for hydroxylation is 1. The second-order valence-electron chi connectivity index (χ2n) is 8.37. The summed E-state index contributed by atoms with van der Waals surface area (Å²) >= 11 is 0. The summed E-state index contributed by atoms with van der Waals surface area (Å²) in [5.74, 6) is 0.461. The molecule has 0 aromatic heterocycles. The van der Waals surface area contributed by atoms with Crippen molar-refractivity contribution in [2.24, 2.45) is 0 Å². The average molecular weight is 445 g/mol. The highest BCUT2D eigenvalue weighted by Gasteiger charge is 2.39. The third kappa shape index (κ3) is 5.66. The van der Waals surface area contributed by atoms with E-state index in [4.69, 9.17) is 4.74 Å². The van der Waals surface area contributed by atoms with Crippen LogP contribution in [0, 0.1) is 6.92 Å². The number of carbonyl (C=O) groups is 1. The average Bonchev–Trinajstić information content (AvgIpc) is 2.74. The van der Waals surface area contributed by atoms with E-state index in [9.17, 15) is 13.2 Å². The maximum absolute atomic E-state index is 13.0. The lowest BCUT2D eigenvalue weighted by atomic mass is 9.83. The molecule has 3 rings (SSSR count). The molecule has 2 aromatic rings. The first-order chi connectivity index (χ1) is 14.7. The zero-order chi connectivity index (χ0) is 22.6. The number of amides is 1. The number of benzene rings is 2. The molecule has 1 N–H and O–H groups in total. The number of nitrogens with zero attached hydrogens (tertiary/aromatic N) is 1. The van der Waals surface area contributed by atoms with Gasteiger partial charge >= 0.3 is 0 Å². The van der Waals surface area contributed by atoms with Crippen LogP contribution in [0.15, 0.2) is 48.5 Å². The van der Waals surface area contributed by atoms with Crippen LogP contribution >= 0.6 is 0 Å². The number of fused-ring (bicyclic) bond motifs is 1. The van der Waals surface area contributed by atoms with Crippen LogP contribution in [0.4, 0.5) is 0 Å². The van der Waals surface area contributed by atoms with Crippen molar-refractivity contribution in [3.05, 3.63) is 65.2 Å². The Morgan fingerprint density at radius 3 is 2.39 bits per heavy atom. The fourth-order valence-corrected chi connectivity index (χ4v) is 4.75. The Balaban J connectivity index is 1.77. The zero-order valence-corrected chi connectivity index (χ0v) is 19.5. The molecule has 0 fully saturated rings. The molecular weight excluding hydrogens is 412 g/mol. The molecule has 1 heterocycles. The lowest BCUT2D eigenvalue weighted by molar-refractivity contribution is -0.122.